The van der Waals surface area contributed by atoms with Crippen molar-refractivity contribution in [2.75, 3.05) is 19.8 Å². The van der Waals surface area contributed by atoms with E-state index < -0.39 is 5.79 Å². The third-order valence-electron chi connectivity index (χ3n) is 2.85. The zero-order valence-electron chi connectivity index (χ0n) is 7.95. The molecule has 2 heterocycles. The lowest BCUT2D eigenvalue weighted by Gasteiger charge is -2.34. The minimum Gasteiger partial charge on any atom is -0.342 e. The van der Waals surface area contributed by atoms with Crippen LogP contribution in [-0.4, -0.2) is 19.8 Å². The molecule has 1 aromatic carbocycles. The van der Waals surface area contributed by atoms with Crippen LogP contribution in [0.2, 0.25) is 0 Å². The van der Waals surface area contributed by atoms with Crippen LogP contribution in [-0.2, 0) is 21.8 Å². The van der Waals surface area contributed by atoms with Crippen molar-refractivity contribution in [1.29, 1.82) is 0 Å². The Labute approximate surface area is 83.0 Å². The van der Waals surface area contributed by atoms with Gasteiger partial charge in [0.05, 0.1) is 19.8 Å². The van der Waals surface area contributed by atoms with E-state index in [2.05, 4.69) is 23.5 Å². The first-order chi connectivity index (χ1) is 6.91. The molecule has 14 heavy (non-hydrogen) atoms. The first-order valence-corrected chi connectivity index (χ1v) is 4.98. The molecule has 0 bridgehead atoms. The average molecular weight is 191 g/mol. The number of ether oxygens (including phenoxy) is 2. The molecular weight excluding hydrogens is 178 g/mol. The lowest BCUT2D eigenvalue weighted by molar-refractivity contribution is -0.166. The van der Waals surface area contributed by atoms with Crippen molar-refractivity contribution in [1.82, 2.24) is 5.32 Å². The Morgan fingerprint density at radius 3 is 2.79 bits per heavy atom. The SMILES string of the molecule is c1ccc2c(c1)CNCC21OCCO1. The van der Waals surface area contributed by atoms with Gasteiger partial charge >= 0.3 is 0 Å². The topological polar surface area (TPSA) is 30.5 Å². The number of benzene rings is 1. The van der Waals surface area contributed by atoms with Gasteiger partial charge in [-0.2, -0.15) is 0 Å². The van der Waals surface area contributed by atoms with Crippen molar-refractivity contribution in [3.8, 4) is 0 Å². The van der Waals surface area contributed by atoms with E-state index in [1.165, 1.54) is 11.1 Å². The molecule has 1 spiro atoms. The summed E-state index contributed by atoms with van der Waals surface area (Å²) in [5.74, 6) is -0.505. The van der Waals surface area contributed by atoms with Crippen LogP contribution < -0.4 is 5.32 Å². The third kappa shape index (κ3) is 1.10. The zero-order valence-corrected chi connectivity index (χ0v) is 7.95. The molecule has 0 saturated carbocycles. The molecule has 0 atom stereocenters. The second-order valence-corrected chi connectivity index (χ2v) is 3.71. The summed E-state index contributed by atoms with van der Waals surface area (Å²) in [6.45, 7) is 3.04. The van der Waals surface area contributed by atoms with Crippen LogP contribution in [0.4, 0.5) is 0 Å². The van der Waals surface area contributed by atoms with E-state index in [1.807, 2.05) is 6.07 Å². The minimum absolute atomic E-state index is 0.505. The Balaban J connectivity index is 2.10. The lowest BCUT2D eigenvalue weighted by Crippen LogP contribution is -2.43. The van der Waals surface area contributed by atoms with Crippen LogP contribution in [0.15, 0.2) is 24.3 Å². The third-order valence-corrected chi connectivity index (χ3v) is 2.85. The van der Waals surface area contributed by atoms with Gasteiger partial charge in [0.1, 0.15) is 0 Å². The van der Waals surface area contributed by atoms with E-state index in [-0.39, 0.29) is 0 Å². The van der Waals surface area contributed by atoms with Gasteiger partial charge in [-0.3, -0.25) is 0 Å². The van der Waals surface area contributed by atoms with Gasteiger partial charge in [-0.25, -0.2) is 0 Å². The van der Waals surface area contributed by atoms with Crippen molar-refractivity contribution in [3.05, 3.63) is 35.4 Å². The van der Waals surface area contributed by atoms with Gasteiger partial charge in [-0.15, -0.1) is 0 Å². The summed E-state index contributed by atoms with van der Waals surface area (Å²) in [5, 5.41) is 3.32. The van der Waals surface area contributed by atoms with Gasteiger partial charge in [-0.1, -0.05) is 24.3 Å². The van der Waals surface area contributed by atoms with Gasteiger partial charge < -0.3 is 14.8 Å². The molecule has 1 saturated heterocycles. The van der Waals surface area contributed by atoms with Crippen LogP contribution in [0.25, 0.3) is 0 Å². The van der Waals surface area contributed by atoms with Crippen molar-refractivity contribution < 1.29 is 9.47 Å². The highest BCUT2D eigenvalue weighted by Gasteiger charge is 2.41. The summed E-state index contributed by atoms with van der Waals surface area (Å²) in [5.41, 5.74) is 2.47. The maximum absolute atomic E-state index is 5.72. The Bertz CT molecular complexity index is 345. The first kappa shape index (κ1) is 8.41. The Morgan fingerprint density at radius 2 is 1.93 bits per heavy atom. The molecule has 74 valence electrons. The molecule has 2 aliphatic heterocycles. The summed E-state index contributed by atoms with van der Waals surface area (Å²) in [4.78, 5) is 0. The van der Waals surface area contributed by atoms with E-state index in [1.54, 1.807) is 0 Å². The van der Waals surface area contributed by atoms with Crippen LogP contribution >= 0.6 is 0 Å². The largest absolute Gasteiger partial charge is 0.342 e. The highest BCUT2D eigenvalue weighted by atomic mass is 16.7. The van der Waals surface area contributed by atoms with Gasteiger partial charge in [0.25, 0.3) is 0 Å². The number of nitrogens with one attached hydrogen (secondary N) is 1. The smallest absolute Gasteiger partial charge is 0.208 e. The standard InChI is InChI=1S/C11H13NO2/c1-2-4-10-9(3-1)7-12-8-11(10)13-5-6-14-11/h1-4,12H,5-8H2. The molecule has 0 aromatic heterocycles. The second kappa shape index (κ2) is 3.05. The first-order valence-electron chi connectivity index (χ1n) is 4.98. The quantitative estimate of drug-likeness (QED) is 0.663. The molecule has 0 amide bonds. The van der Waals surface area contributed by atoms with Gasteiger partial charge in [-0.05, 0) is 5.56 Å². The summed E-state index contributed by atoms with van der Waals surface area (Å²) < 4.78 is 11.4. The monoisotopic (exact) mass is 191 g/mol. The van der Waals surface area contributed by atoms with Gasteiger partial charge in [0.15, 0.2) is 0 Å². The molecule has 3 heteroatoms. The van der Waals surface area contributed by atoms with Crippen molar-refractivity contribution in [3.63, 3.8) is 0 Å². The summed E-state index contributed by atoms with van der Waals surface area (Å²) in [6.07, 6.45) is 0. The minimum atomic E-state index is -0.505. The fourth-order valence-electron chi connectivity index (χ4n) is 2.22. The highest BCUT2D eigenvalue weighted by Crippen LogP contribution is 2.35. The van der Waals surface area contributed by atoms with E-state index in [4.69, 9.17) is 9.47 Å². The van der Waals surface area contributed by atoms with Crippen molar-refractivity contribution in [2.24, 2.45) is 0 Å². The fourth-order valence-corrected chi connectivity index (χ4v) is 2.22. The summed E-state index contributed by atoms with van der Waals surface area (Å²) >= 11 is 0. The molecule has 3 rings (SSSR count). The van der Waals surface area contributed by atoms with Crippen LogP contribution in [0.5, 0.6) is 0 Å². The Kier molecular flexibility index (Phi) is 1.83. The maximum atomic E-state index is 5.72. The molecule has 1 N–H and O–H groups in total. The average Bonchev–Trinajstić information content (AvgIpc) is 2.68. The Hall–Kier alpha value is -0.900. The maximum Gasteiger partial charge on any atom is 0.208 e. The summed E-state index contributed by atoms with van der Waals surface area (Å²) in [6, 6.07) is 8.31. The molecule has 2 aliphatic rings. The molecular formula is C11H13NO2. The second-order valence-electron chi connectivity index (χ2n) is 3.71. The Morgan fingerprint density at radius 1 is 1.14 bits per heavy atom. The highest BCUT2D eigenvalue weighted by molar-refractivity contribution is 5.33. The van der Waals surface area contributed by atoms with Crippen molar-refractivity contribution in [2.45, 2.75) is 12.3 Å². The van der Waals surface area contributed by atoms with Crippen LogP contribution in [0.3, 0.4) is 0 Å². The number of hydrogen-bond acceptors (Lipinski definition) is 3. The van der Waals surface area contributed by atoms with Crippen LogP contribution in [0, 0.1) is 0 Å². The van der Waals surface area contributed by atoms with Crippen molar-refractivity contribution >= 4 is 0 Å². The number of rotatable bonds is 0. The molecule has 0 radical (unpaired) electrons. The number of hydrogen-bond donors (Lipinski definition) is 1. The van der Waals surface area contributed by atoms with E-state index in [0.717, 1.165) is 13.1 Å². The van der Waals surface area contributed by atoms with Crippen LogP contribution in [0.1, 0.15) is 11.1 Å². The predicted octanol–water partition coefficient (Wildman–Crippen LogP) is 0.989. The molecule has 0 unspecified atom stereocenters. The molecule has 3 nitrogen and oxygen atoms in total. The van der Waals surface area contributed by atoms with E-state index >= 15 is 0 Å². The zero-order chi connectivity index (χ0) is 9.43. The number of fused-ring (bicyclic) bond motifs is 2. The predicted molar refractivity (Wildman–Crippen MR) is 51.7 cm³/mol. The molecule has 1 aromatic rings. The fraction of sp³-hybridized carbons (Fsp3) is 0.455. The summed E-state index contributed by atoms with van der Waals surface area (Å²) in [7, 11) is 0. The van der Waals surface area contributed by atoms with E-state index in [9.17, 15) is 0 Å². The van der Waals surface area contributed by atoms with E-state index in [0.29, 0.717) is 13.2 Å². The molecule has 0 aliphatic carbocycles. The van der Waals surface area contributed by atoms with Gasteiger partial charge in [0.2, 0.25) is 5.79 Å². The lowest BCUT2D eigenvalue weighted by atomic mass is 9.96. The normalized spacial score (nSPS) is 23.7. The molecule has 1 fully saturated rings. The van der Waals surface area contributed by atoms with Gasteiger partial charge in [0, 0.05) is 12.1 Å².